The summed E-state index contributed by atoms with van der Waals surface area (Å²) in [5, 5.41) is 4.31. The average molecular weight is 420 g/mol. The number of nitrogens with zero attached hydrogens (tertiary/aromatic N) is 3. The Morgan fingerprint density at radius 1 is 1.16 bits per heavy atom. The van der Waals surface area contributed by atoms with Gasteiger partial charge in [0.1, 0.15) is 0 Å². The van der Waals surface area contributed by atoms with E-state index in [1.54, 1.807) is 36.1 Å². The van der Waals surface area contributed by atoms with Crippen LogP contribution in [0.3, 0.4) is 0 Å². The lowest BCUT2D eigenvalue weighted by Crippen LogP contribution is -2.26. The maximum Gasteiger partial charge on any atom is 0.243 e. The number of aryl methyl sites for hydroxylation is 1. The predicted octanol–water partition coefficient (Wildman–Crippen LogP) is 3.76. The second-order valence-electron chi connectivity index (χ2n) is 5.80. The summed E-state index contributed by atoms with van der Waals surface area (Å²) in [7, 11) is -1.98. The molecule has 5 nitrogen and oxygen atoms in total. The van der Waals surface area contributed by atoms with E-state index in [2.05, 4.69) is 21.0 Å². The van der Waals surface area contributed by atoms with E-state index in [1.165, 1.54) is 4.31 Å². The third-order valence-electron chi connectivity index (χ3n) is 3.90. The van der Waals surface area contributed by atoms with Crippen LogP contribution >= 0.6 is 15.9 Å². The van der Waals surface area contributed by atoms with Crippen molar-refractivity contribution in [1.82, 2.24) is 14.1 Å². The molecule has 0 N–H and O–H groups in total. The summed E-state index contributed by atoms with van der Waals surface area (Å²) in [6.07, 6.45) is 3.53. The molecular weight excluding hydrogens is 402 g/mol. The second kappa shape index (κ2) is 7.11. The summed E-state index contributed by atoms with van der Waals surface area (Å²) in [6, 6.07) is 14.7. The van der Waals surface area contributed by atoms with Gasteiger partial charge in [0.15, 0.2) is 0 Å². The first-order valence-corrected chi connectivity index (χ1v) is 9.93. The second-order valence-corrected chi connectivity index (χ2v) is 8.70. The highest BCUT2D eigenvalue weighted by Crippen LogP contribution is 2.23. The number of para-hydroxylation sites is 1. The topological polar surface area (TPSA) is 55.2 Å². The summed E-state index contributed by atoms with van der Waals surface area (Å²) >= 11 is 3.39. The monoisotopic (exact) mass is 419 g/mol. The first kappa shape index (κ1) is 17.8. The number of benzene rings is 2. The number of sulfonamides is 1. The van der Waals surface area contributed by atoms with Crippen LogP contribution in [0, 0.1) is 6.92 Å². The molecule has 0 aliphatic heterocycles. The normalized spacial score (nSPS) is 11.8. The number of aromatic nitrogens is 2. The molecule has 0 atom stereocenters. The maximum absolute atomic E-state index is 12.8. The van der Waals surface area contributed by atoms with E-state index < -0.39 is 10.0 Å². The molecule has 0 amide bonds. The van der Waals surface area contributed by atoms with Crippen molar-refractivity contribution in [2.45, 2.75) is 18.4 Å². The largest absolute Gasteiger partial charge is 0.243 e. The van der Waals surface area contributed by atoms with Gasteiger partial charge in [-0.05, 0) is 42.8 Å². The van der Waals surface area contributed by atoms with E-state index in [0.29, 0.717) is 0 Å². The lowest BCUT2D eigenvalue weighted by molar-refractivity contribution is 0.466. The van der Waals surface area contributed by atoms with E-state index in [9.17, 15) is 8.42 Å². The first-order chi connectivity index (χ1) is 11.9. The summed E-state index contributed by atoms with van der Waals surface area (Å²) < 4.78 is 29.5. The number of hydrogen-bond donors (Lipinski definition) is 0. The molecular formula is C18H18BrN3O2S. The SMILES string of the molecule is Cc1cc(S(=O)(=O)N(C)Cc2cnn(-c3ccccc3)c2)ccc1Br. The van der Waals surface area contributed by atoms with Gasteiger partial charge in [0.2, 0.25) is 10.0 Å². The van der Waals surface area contributed by atoms with Crippen molar-refractivity contribution in [3.63, 3.8) is 0 Å². The van der Waals surface area contributed by atoms with Crippen molar-refractivity contribution in [3.05, 3.63) is 76.5 Å². The van der Waals surface area contributed by atoms with Crippen LogP contribution in [-0.2, 0) is 16.6 Å². The van der Waals surface area contributed by atoms with Crippen LogP contribution in [0.15, 0.2) is 70.3 Å². The Morgan fingerprint density at radius 3 is 2.56 bits per heavy atom. The van der Waals surface area contributed by atoms with Crippen LogP contribution in [-0.4, -0.2) is 29.6 Å². The third-order valence-corrected chi connectivity index (χ3v) is 6.59. The molecule has 25 heavy (non-hydrogen) atoms. The molecule has 0 fully saturated rings. The molecule has 0 aliphatic rings. The molecule has 130 valence electrons. The van der Waals surface area contributed by atoms with Gasteiger partial charge < -0.3 is 0 Å². The Morgan fingerprint density at radius 2 is 1.88 bits per heavy atom. The van der Waals surface area contributed by atoms with Crippen LogP contribution in [0.2, 0.25) is 0 Å². The molecule has 0 unspecified atom stereocenters. The van der Waals surface area contributed by atoms with Crippen molar-refractivity contribution >= 4 is 26.0 Å². The molecule has 0 radical (unpaired) electrons. The van der Waals surface area contributed by atoms with Crippen LogP contribution in [0.4, 0.5) is 0 Å². The molecule has 0 aliphatic carbocycles. The quantitative estimate of drug-likeness (QED) is 0.632. The van der Waals surface area contributed by atoms with Gasteiger partial charge in [-0.3, -0.25) is 0 Å². The number of halogens is 1. The molecule has 7 heteroatoms. The summed E-state index contributed by atoms with van der Waals surface area (Å²) in [5.74, 6) is 0. The molecule has 0 spiro atoms. The Balaban J connectivity index is 1.81. The molecule has 3 aromatic rings. The lowest BCUT2D eigenvalue weighted by Gasteiger charge is -2.17. The molecule has 2 aromatic carbocycles. The molecule has 0 saturated carbocycles. The van der Waals surface area contributed by atoms with Gasteiger partial charge in [0.25, 0.3) is 0 Å². The minimum atomic E-state index is -3.56. The fourth-order valence-electron chi connectivity index (χ4n) is 2.46. The van der Waals surface area contributed by atoms with Gasteiger partial charge in [0, 0.05) is 29.8 Å². The minimum absolute atomic E-state index is 0.254. The smallest absolute Gasteiger partial charge is 0.241 e. The highest BCUT2D eigenvalue weighted by Gasteiger charge is 2.22. The maximum atomic E-state index is 12.8. The van der Waals surface area contributed by atoms with E-state index >= 15 is 0 Å². The Kier molecular flexibility index (Phi) is 5.08. The summed E-state index contributed by atoms with van der Waals surface area (Å²) in [4.78, 5) is 0.283. The van der Waals surface area contributed by atoms with Gasteiger partial charge >= 0.3 is 0 Å². The van der Waals surface area contributed by atoms with E-state index in [-0.39, 0.29) is 11.4 Å². The van der Waals surface area contributed by atoms with Gasteiger partial charge in [-0.15, -0.1) is 0 Å². The van der Waals surface area contributed by atoms with Crippen molar-refractivity contribution in [2.75, 3.05) is 7.05 Å². The van der Waals surface area contributed by atoms with Crippen molar-refractivity contribution in [2.24, 2.45) is 0 Å². The number of rotatable bonds is 5. The summed E-state index contributed by atoms with van der Waals surface area (Å²) in [6.45, 7) is 2.12. The fourth-order valence-corrected chi connectivity index (χ4v) is 3.95. The standard InChI is InChI=1S/C18H18BrN3O2S/c1-14-10-17(8-9-18(14)19)25(23,24)21(2)12-15-11-20-22(13-15)16-6-4-3-5-7-16/h3-11,13H,12H2,1-2H3. The lowest BCUT2D eigenvalue weighted by atomic mass is 10.2. The molecule has 0 bridgehead atoms. The van der Waals surface area contributed by atoms with E-state index in [1.807, 2.05) is 43.5 Å². The summed E-state index contributed by atoms with van der Waals surface area (Å²) in [5.41, 5.74) is 2.64. The minimum Gasteiger partial charge on any atom is -0.241 e. The van der Waals surface area contributed by atoms with Crippen molar-refractivity contribution in [3.8, 4) is 5.69 Å². The number of hydrogen-bond acceptors (Lipinski definition) is 3. The van der Waals surface area contributed by atoms with Crippen molar-refractivity contribution < 1.29 is 8.42 Å². The van der Waals surface area contributed by atoms with Gasteiger partial charge in [-0.1, -0.05) is 34.1 Å². The van der Waals surface area contributed by atoms with Gasteiger partial charge in [-0.25, -0.2) is 13.1 Å². The van der Waals surface area contributed by atoms with Crippen LogP contribution in [0.25, 0.3) is 5.69 Å². The average Bonchev–Trinajstić information content (AvgIpc) is 3.06. The van der Waals surface area contributed by atoms with Crippen LogP contribution < -0.4 is 0 Å². The molecule has 1 aromatic heterocycles. The highest BCUT2D eigenvalue weighted by atomic mass is 79.9. The predicted molar refractivity (Wildman–Crippen MR) is 101 cm³/mol. The molecule has 1 heterocycles. The Hall–Kier alpha value is -1.96. The Labute approximate surface area is 156 Å². The van der Waals surface area contributed by atoms with Gasteiger partial charge in [0.05, 0.1) is 16.8 Å². The Bertz CT molecular complexity index is 985. The zero-order valence-corrected chi connectivity index (χ0v) is 16.3. The fraction of sp³-hybridized carbons (Fsp3) is 0.167. The van der Waals surface area contributed by atoms with Crippen molar-refractivity contribution in [1.29, 1.82) is 0 Å². The first-order valence-electron chi connectivity index (χ1n) is 7.69. The van der Waals surface area contributed by atoms with Crippen LogP contribution in [0.5, 0.6) is 0 Å². The van der Waals surface area contributed by atoms with Crippen LogP contribution in [0.1, 0.15) is 11.1 Å². The molecule has 3 rings (SSSR count). The van der Waals surface area contributed by atoms with E-state index in [0.717, 1.165) is 21.3 Å². The van der Waals surface area contributed by atoms with E-state index in [4.69, 9.17) is 0 Å². The zero-order chi connectivity index (χ0) is 18.0. The molecule has 0 saturated heterocycles. The third kappa shape index (κ3) is 3.84. The zero-order valence-electron chi connectivity index (χ0n) is 13.9. The highest BCUT2D eigenvalue weighted by molar-refractivity contribution is 9.10. The van der Waals surface area contributed by atoms with Gasteiger partial charge in [-0.2, -0.15) is 9.40 Å².